The summed E-state index contributed by atoms with van der Waals surface area (Å²) >= 11 is 7.17. The summed E-state index contributed by atoms with van der Waals surface area (Å²) in [4.78, 5) is 15.2. The fourth-order valence-corrected chi connectivity index (χ4v) is 4.71. The van der Waals surface area contributed by atoms with Crippen molar-refractivity contribution in [2.45, 2.75) is 36.0 Å². The fraction of sp³-hybridized carbons (Fsp3) is 0.240. The average molecular weight is 529 g/mol. The Labute approximate surface area is 194 Å². The number of hydrogen-bond acceptors (Lipinski definition) is 2. The predicted octanol–water partition coefficient (Wildman–Crippen LogP) is 7.18. The van der Waals surface area contributed by atoms with E-state index in [9.17, 15) is 4.79 Å². The van der Waals surface area contributed by atoms with E-state index in [1.54, 1.807) is 4.90 Å². The summed E-state index contributed by atoms with van der Waals surface area (Å²) in [7, 11) is 0. The second-order valence-electron chi connectivity index (χ2n) is 8.44. The number of ether oxygens (including phenoxy) is 1. The van der Waals surface area contributed by atoms with Crippen LogP contribution in [0.15, 0.2) is 72.8 Å². The molecule has 0 aromatic heterocycles. The largest absolute Gasteiger partial charge is 0.489 e. The van der Waals surface area contributed by atoms with Crippen LogP contribution in [0.4, 0.5) is 11.4 Å². The molecule has 3 aromatic rings. The van der Waals surface area contributed by atoms with Gasteiger partial charge in [-0.1, -0.05) is 101 Å². The molecule has 3 aromatic carbocycles. The zero-order valence-corrected chi connectivity index (χ0v) is 20.3. The van der Waals surface area contributed by atoms with E-state index < -0.39 is 3.23 Å². The van der Waals surface area contributed by atoms with Gasteiger partial charge >= 0.3 is 0 Å². The number of alkyl halides is 2. The Bertz CT molecular complexity index is 1090. The number of amides is 1. The molecule has 1 aliphatic rings. The van der Waals surface area contributed by atoms with E-state index >= 15 is 0 Å². The first kappa shape index (κ1) is 21.1. The van der Waals surface area contributed by atoms with Crippen molar-refractivity contribution in [2.75, 3.05) is 4.90 Å². The minimum absolute atomic E-state index is 0.0628. The Morgan fingerprint density at radius 1 is 0.900 bits per heavy atom. The molecule has 5 heteroatoms. The van der Waals surface area contributed by atoms with E-state index in [2.05, 4.69) is 58.7 Å². The number of benzene rings is 3. The number of carbonyl (C=O) groups is 1. The summed E-state index contributed by atoms with van der Waals surface area (Å²) in [6, 6.07) is 23.9. The Morgan fingerprint density at radius 2 is 1.57 bits per heavy atom. The summed E-state index contributed by atoms with van der Waals surface area (Å²) in [5.74, 6) is 0.726. The van der Waals surface area contributed by atoms with E-state index in [1.165, 1.54) is 0 Å². The van der Waals surface area contributed by atoms with E-state index in [0.29, 0.717) is 6.61 Å². The third-order valence-corrected chi connectivity index (χ3v) is 6.75. The van der Waals surface area contributed by atoms with Crippen molar-refractivity contribution in [3.8, 4) is 5.75 Å². The molecule has 0 spiro atoms. The van der Waals surface area contributed by atoms with Gasteiger partial charge in [-0.15, -0.1) is 0 Å². The highest BCUT2D eigenvalue weighted by molar-refractivity contribution is 9.25. The number of halogens is 2. The molecule has 1 heterocycles. The highest BCUT2D eigenvalue weighted by Gasteiger charge is 2.48. The van der Waals surface area contributed by atoms with Gasteiger partial charge in [-0.25, -0.2) is 0 Å². The summed E-state index contributed by atoms with van der Waals surface area (Å²) in [5, 5.41) is 0. The van der Waals surface area contributed by atoms with Crippen molar-refractivity contribution in [3.63, 3.8) is 0 Å². The molecule has 0 bridgehead atoms. The van der Waals surface area contributed by atoms with Crippen molar-refractivity contribution >= 4 is 49.1 Å². The number of hydrogen-bond donors (Lipinski definition) is 0. The second-order valence-corrected chi connectivity index (χ2v) is 11.9. The molecule has 0 N–H and O–H groups in total. The Balaban J connectivity index is 1.74. The Kier molecular flexibility index (Phi) is 5.54. The minimum atomic E-state index is -0.922. The number of rotatable bonds is 4. The Morgan fingerprint density at radius 3 is 2.27 bits per heavy atom. The van der Waals surface area contributed by atoms with Gasteiger partial charge in [-0.3, -0.25) is 9.69 Å². The van der Waals surface area contributed by atoms with Gasteiger partial charge in [0, 0.05) is 5.56 Å². The molecule has 0 radical (unpaired) electrons. The van der Waals surface area contributed by atoms with Crippen LogP contribution in [0.2, 0.25) is 0 Å². The summed E-state index contributed by atoms with van der Waals surface area (Å²) < 4.78 is 5.14. The predicted molar refractivity (Wildman–Crippen MR) is 129 cm³/mol. The van der Waals surface area contributed by atoms with Crippen LogP contribution in [-0.4, -0.2) is 5.91 Å². The van der Waals surface area contributed by atoms with Gasteiger partial charge in [0.25, 0.3) is 5.91 Å². The van der Waals surface area contributed by atoms with E-state index in [4.69, 9.17) is 4.74 Å². The van der Waals surface area contributed by atoms with Crippen molar-refractivity contribution in [2.24, 2.45) is 0 Å². The molecule has 0 fully saturated rings. The highest BCUT2D eigenvalue weighted by atomic mass is 79.9. The van der Waals surface area contributed by atoms with Crippen LogP contribution in [0, 0.1) is 0 Å². The summed E-state index contributed by atoms with van der Waals surface area (Å²) in [5.41, 5.74) is 4.63. The maximum absolute atomic E-state index is 13.4. The zero-order chi connectivity index (χ0) is 21.5. The topological polar surface area (TPSA) is 29.5 Å². The highest BCUT2D eigenvalue weighted by Crippen LogP contribution is 2.54. The molecule has 0 saturated carbocycles. The molecule has 0 unspecified atom stereocenters. The summed E-state index contributed by atoms with van der Waals surface area (Å²) in [6.45, 7) is 6.94. The van der Waals surface area contributed by atoms with Crippen molar-refractivity contribution < 1.29 is 9.53 Å². The van der Waals surface area contributed by atoms with Crippen LogP contribution in [0.5, 0.6) is 5.75 Å². The van der Waals surface area contributed by atoms with Crippen LogP contribution in [0.25, 0.3) is 0 Å². The minimum Gasteiger partial charge on any atom is -0.489 e. The molecular formula is C25H23Br2NO2. The third kappa shape index (κ3) is 3.81. The van der Waals surface area contributed by atoms with Gasteiger partial charge in [0.15, 0.2) is 3.23 Å². The molecular weight excluding hydrogens is 506 g/mol. The number of para-hydroxylation sites is 1. The second kappa shape index (κ2) is 7.86. The van der Waals surface area contributed by atoms with Crippen LogP contribution in [0.3, 0.4) is 0 Å². The van der Waals surface area contributed by atoms with Crippen molar-refractivity contribution in [1.29, 1.82) is 0 Å². The standard InChI is InChI=1S/C25H23Br2NO2/c1-24(2,3)20-15-18(30-16-17-9-5-4-6-10-17)13-14-22(20)28-21-12-8-7-11-19(21)25(26,27)23(28)29/h4-15H,16H2,1-3H3. The van der Waals surface area contributed by atoms with Crippen molar-refractivity contribution in [3.05, 3.63) is 89.5 Å². The smallest absolute Gasteiger partial charge is 0.263 e. The lowest BCUT2D eigenvalue weighted by Crippen LogP contribution is -2.31. The zero-order valence-electron chi connectivity index (χ0n) is 17.2. The lowest BCUT2D eigenvalue weighted by Gasteiger charge is -2.29. The molecule has 154 valence electrons. The number of anilines is 2. The van der Waals surface area contributed by atoms with Crippen LogP contribution in [-0.2, 0) is 20.0 Å². The molecule has 30 heavy (non-hydrogen) atoms. The molecule has 0 saturated heterocycles. The monoisotopic (exact) mass is 527 g/mol. The lowest BCUT2D eigenvalue weighted by atomic mass is 9.85. The Hall–Kier alpha value is -2.11. The first-order chi connectivity index (χ1) is 14.2. The summed E-state index contributed by atoms with van der Waals surface area (Å²) in [6.07, 6.45) is 0. The van der Waals surface area contributed by atoms with Crippen LogP contribution >= 0.6 is 31.9 Å². The first-order valence-corrected chi connectivity index (χ1v) is 11.4. The molecule has 1 amide bonds. The molecule has 0 aliphatic carbocycles. The molecule has 0 atom stereocenters. The van der Waals surface area contributed by atoms with Crippen LogP contribution < -0.4 is 9.64 Å². The number of nitrogens with zero attached hydrogens (tertiary/aromatic N) is 1. The van der Waals surface area contributed by atoms with E-state index in [-0.39, 0.29) is 11.3 Å². The van der Waals surface area contributed by atoms with Crippen LogP contribution in [0.1, 0.15) is 37.5 Å². The lowest BCUT2D eigenvalue weighted by molar-refractivity contribution is -0.117. The number of carbonyl (C=O) groups excluding carboxylic acids is 1. The van der Waals surface area contributed by atoms with Gasteiger partial charge in [0.1, 0.15) is 12.4 Å². The SMILES string of the molecule is CC(C)(C)c1cc(OCc2ccccc2)ccc1N1C(=O)C(Br)(Br)c2ccccc21. The van der Waals surface area contributed by atoms with Gasteiger partial charge < -0.3 is 4.74 Å². The molecule has 3 nitrogen and oxygen atoms in total. The van der Waals surface area contributed by atoms with E-state index in [1.807, 2.05) is 66.7 Å². The maximum Gasteiger partial charge on any atom is 0.263 e. The molecule has 4 rings (SSSR count). The van der Waals surface area contributed by atoms with Crippen molar-refractivity contribution in [1.82, 2.24) is 0 Å². The normalized spacial score (nSPS) is 15.2. The number of fused-ring (bicyclic) bond motifs is 1. The quantitative estimate of drug-likeness (QED) is 0.335. The maximum atomic E-state index is 13.4. The van der Waals surface area contributed by atoms with Gasteiger partial charge in [-0.2, -0.15) is 0 Å². The first-order valence-electron chi connectivity index (χ1n) is 9.83. The average Bonchev–Trinajstić information content (AvgIpc) is 2.93. The third-order valence-electron chi connectivity index (χ3n) is 5.22. The van der Waals surface area contributed by atoms with Gasteiger partial charge in [0.05, 0.1) is 11.4 Å². The fourth-order valence-electron chi connectivity index (χ4n) is 3.68. The molecule has 1 aliphatic heterocycles. The van der Waals surface area contributed by atoms with Gasteiger partial charge in [0.2, 0.25) is 0 Å². The van der Waals surface area contributed by atoms with E-state index in [0.717, 1.165) is 33.8 Å². The van der Waals surface area contributed by atoms with Gasteiger partial charge in [-0.05, 0) is 40.8 Å².